The SMILES string of the molecule is Nc1ncc(Br)c(Oc2cc(F)c([N+](=O)[O-])cc2F)n1. The van der Waals surface area contributed by atoms with Crippen molar-refractivity contribution in [2.45, 2.75) is 0 Å². The average Bonchev–Trinajstić information content (AvgIpc) is 2.37. The molecular formula is C10H5BrF2N4O3. The molecule has 0 unspecified atom stereocenters. The first-order chi connectivity index (χ1) is 9.38. The number of anilines is 1. The Hall–Kier alpha value is -2.36. The van der Waals surface area contributed by atoms with Gasteiger partial charge in [0.15, 0.2) is 11.6 Å². The Morgan fingerprint density at radius 3 is 2.70 bits per heavy atom. The largest absolute Gasteiger partial charge is 0.434 e. The number of halogens is 3. The minimum absolute atomic E-state index is 0.133. The van der Waals surface area contributed by atoms with Crippen LogP contribution in [0.25, 0.3) is 0 Å². The van der Waals surface area contributed by atoms with E-state index in [-0.39, 0.29) is 16.3 Å². The van der Waals surface area contributed by atoms with Crippen LogP contribution in [0.1, 0.15) is 0 Å². The van der Waals surface area contributed by atoms with E-state index in [4.69, 9.17) is 10.5 Å². The predicted octanol–water partition coefficient (Wildman–Crippen LogP) is 2.80. The van der Waals surface area contributed by atoms with Crippen LogP contribution in [0, 0.1) is 21.7 Å². The molecule has 7 nitrogen and oxygen atoms in total. The lowest BCUT2D eigenvalue weighted by Crippen LogP contribution is -2.00. The predicted molar refractivity (Wildman–Crippen MR) is 67.2 cm³/mol. The molecule has 1 aromatic carbocycles. The highest BCUT2D eigenvalue weighted by atomic mass is 79.9. The quantitative estimate of drug-likeness (QED) is 0.676. The number of rotatable bonds is 3. The number of nitro benzene ring substituents is 1. The molecule has 0 amide bonds. The van der Waals surface area contributed by atoms with Gasteiger partial charge in [-0.15, -0.1) is 0 Å². The van der Waals surface area contributed by atoms with Crippen LogP contribution in [-0.2, 0) is 0 Å². The minimum Gasteiger partial charge on any atom is -0.434 e. The highest BCUT2D eigenvalue weighted by Crippen LogP contribution is 2.32. The smallest absolute Gasteiger partial charge is 0.307 e. The summed E-state index contributed by atoms with van der Waals surface area (Å²) in [6.07, 6.45) is 1.26. The Bertz CT molecular complexity index is 698. The van der Waals surface area contributed by atoms with Crippen molar-refractivity contribution in [1.29, 1.82) is 0 Å². The van der Waals surface area contributed by atoms with Gasteiger partial charge in [-0.3, -0.25) is 10.1 Å². The Kier molecular flexibility index (Phi) is 3.74. The lowest BCUT2D eigenvalue weighted by molar-refractivity contribution is -0.387. The topological polar surface area (TPSA) is 104 Å². The average molecular weight is 347 g/mol. The van der Waals surface area contributed by atoms with Crippen molar-refractivity contribution in [2.24, 2.45) is 0 Å². The zero-order valence-electron chi connectivity index (χ0n) is 9.51. The van der Waals surface area contributed by atoms with Crippen molar-refractivity contribution >= 4 is 27.6 Å². The highest BCUT2D eigenvalue weighted by molar-refractivity contribution is 9.10. The van der Waals surface area contributed by atoms with Crippen LogP contribution in [0.15, 0.2) is 22.8 Å². The molecule has 2 N–H and O–H groups in total. The van der Waals surface area contributed by atoms with E-state index in [1.807, 2.05) is 0 Å². The molecule has 0 radical (unpaired) electrons. The van der Waals surface area contributed by atoms with Crippen molar-refractivity contribution in [3.63, 3.8) is 0 Å². The third kappa shape index (κ3) is 2.79. The van der Waals surface area contributed by atoms with Crippen LogP contribution in [0.5, 0.6) is 11.6 Å². The molecule has 0 saturated carbocycles. The zero-order chi connectivity index (χ0) is 14.9. The molecule has 0 bridgehead atoms. The van der Waals surface area contributed by atoms with Gasteiger partial charge in [0.05, 0.1) is 21.7 Å². The van der Waals surface area contributed by atoms with Crippen LogP contribution in [0.4, 0.5) is 20.4 Å². The fraction of sp³-hybridized carbons (Fsp3) is 0. The number of benzene rings is 1. The van der Waals surface area contributed by atoms with E-state index >= 15 is 0 Å². The lowest BCUT2D eigenvalue weighted by Gasteiger charge is -2.07. The van der Waals surface area contributed by atoms with Gasteiger partial charge in [0, 0.05) is 6.07 Å². The molecule has 2 rings (SSSR count). The fourth-order valence-corrected chi connectivity index (χ4v) is 1.55. The van der Waals surface area contributed by atoms with Crippen molar-refractivity contribution in [1.82, 2.24) is 9.97 Å². The molecule has 0 atom stereocenters. The molecule has 0 aliphatic rings. The lowest BCUT2D eigenvalue weighted by atomic mass is 10.3. The summed E-state index contributed by atoms with van der Waals surface area (Å²) in [6, 6.07) is 0.974. The Morgan fingerprint density at radius 1 is 1.35 bits per heavy atom. The Labute approximate surface area is 118 Å². The van der Waals surface area contributed by atoms with Crippen LogP contribution in [0.2, 0.25) is 0 Å². The van der Waals surface area contributed by atoms with Crippen molar-refractivity contribution in [3.05, 3.63) is 44.6 Å². The summed E-state index contributed by atoms with van der Waals surface area (Å²) in [5, 5.41) is 10.5. The van der Waals surface area contributed by atoms with Crippen molar-refractivity contribution in [3.8, 4) is 11.6 Å². The maximum Gasteiger partial charge on any atom is 0.307 e. The molecule has 0 spiro atoms. The van der Waals surface area contributed by atoms with Gasteiger partial charge in [0.1, 0.15) is 0 Å². The summed E-state index contributed by atoms with van der Waals surface area (Å²) in [5.74, 6) is -3.19. The second kappa shape index (κ2) is 5.33. The molecule has 0 saturated heterocycles. The summed E-state index contributed by atoms with van der Waals surface area (Å²) in [7, 11) is 0. The number of nitrogen functional groups attached to an aromatic ring is 1. The summed E-state index contributed by atoms with van der Waals surface area (Å²) in [6.45, 7) is 0. The number of nitrogens with zero attached hydrogens (tertiary/aromatic N) is 3. The summed E-state index contributed by atoms with van der Waals surface area (Å²) in [5.41, 5.74) is 4.34. The molecule has 0 fully saturated rings. The molecule has 1 aromatic heterocycles. The Balaban J connectivity index is 2.42. The molecule has 0 aliphatic carbocycles. The number of nitro groups is 1. The van der Waals surface area contributed by atoms with E-state index in [9.17, 15) is 18.9 Å². The summed E-state index contributed by atoms with van der Waals surface area (Å²) >= 11 is 3.04. The first-order valence-corrected chi connectivity index (χ1v) is 5.77. The molecule has 2 aromatic rings. The second-order valence-electron chi connectivity index (χ2n) is 3.47. The van der Waals surface area contributed by atoms with Gasteiger partial charge >= 0.3 is 5.69 Å². The van der Waals surface area contributed by atoms with E-state index in [0.717, 1.165) is 0 Å². The van der Waals surface area contributed by atoms with E-state index < -0.39 is 28.0 Å². The highest BCUT2D eigenvalue weighted by Gasteiger charge is 2.20. The number of aromatic nitrogens is 2. The molecule has 20 heavy (non-hydrogen) atoms. The van der Waals surface area contributed by atoms with Gasteiger partial charge in [-0.1, -0.05) is 0 Å². The number of ether oxygens (including phenoxy) is 1. The maximum absolute atomic E-state index is 13.6. The van der Waals surface area contributed by atoms with Gasteiger partial charge in [0.25, 0.3) is 0 Å². The minimum atomic E-state index is -1.23. The fourth-order valence-electron chi connectivity index (χ4n) is 1.28. The van der Waals surface area contributed by atoms with Crippen LogP contribution < -0.4 is 10.5 Å². The third-order valence-corrected chi connectivity index (χ3v) is 2.68. The van der Waals surface area contributed by atoms with Crippen LogP contribution >= 0.6 is 15.9 Å². The number of nitrogens with two attached hydrogens (primary N) is 1. The van der Waals surface area contributed by atoms with Gasteiger partial charge in [-0.25, -0.2) is 9.37 Å². The summed E-state index contributed by atoms with van der Waals surface area (Å²) in [4.78, 5) is 16.7. The normalized spacial score (nSPS) is 10.3. The Morgan fingerprint density at radius 2 is 2.05 bits per heavy atom. The van der Waals surface area contributed by atoms with Crippen molar-refractivity contribution < 1.29 is 18.4 Å². The molecule has 1 heterocycles. The summed E-state index contributed by atoms with van der Waals surface area (Å²) < 4.78 is 32.3. The molecule has 10 heteroatoms. The van der Waals surface area contributed by atoms with Gasteiger partial charge in [-0.2, -0.15) is 9.37 Å². The monoisotopic (exact) mass is 346 g/mol. The van der Waals surface area contributed by atoms with Crippen LogP contribution in [0.3, 0.4) is 0 Å². The first-order valence-electron chi connectivity index (χ1n) is 4.98. The van der Waals surface area contributed by atoms with E-state index in [1.54, 1.807) is 0 Å². The second-order valence-corrected chi connectivity index (χ2v) is 4.33. The molecule has 104 valence electrons. The standard InChI is InChI=1S/C10H5BrF2N4O3/c11-4-3-15-10(14)16-9(4)20-8-2-5(12)7(17(18)19)1-6(8)13/h1-3H,(H2,14,15,16). The van der Waals surface area contributed by atoms with Gasteiger partial charge in [0.2, 0.25) is 17.6 Å². The van der Waals surface area contributed by atoms with E-state index in [2.05, 4.69) is 25.9 Å². The van der Waals surface area contributed by atoms with E-state index in [0.29, 0.717) is 12.1 Å². The molecule has 0 aliphatic heterocycles. The zero-order valence-corrected chi connectivity index (χ0v) is 11.1. The molecular weight excluding hydrogens is 342 g/mol. The van der Waals surface area contributed by atoms with Crippen LogP contribution in [-0.4, -0.2) is 14.9 Å². The van der Waals surface area contributed by atoms with Gasteiger partial charge < -0.3 is 10.5 Å². The van der Waals surface area contributed by atoms with Gasteiger partial charge in [-0.05, 0) is 15.9 Å². The third-order valence-electron chi connectivity index (χ3n) is 2.14. The first kappa shape index (κ1) is 14.1. The maximum atomic E-state index is 13.6. The number of hydrogen-bond donors (Lipinski definition) is 1. The number of hydrogen-bond acceptors (Lipinski definition) is 6. The van der Waals surface area contributed by atoms with E-state index in [1.165, 1.54) is 6.20 Å². The van der Waals surface area contributed by atoms with Crippen molar-refractivity contribution in [2.75, 3.05) is 5.73 Å².